The molecule has 3 unspecified atom stereocenters. The lowest BCUT2D eigenvalue weighted by molar-refractivity contribution is -0.154. The Hall–Kier alpha value is -0.610. The molecule has 0 aromatic rings. The highest BCUT2D eigenvalue weighted by Crippen LogP contribution is 2.28. The maximum atomic E-state index is 12.3. The van der Waals surface area contributed by atoms with Crippen LogP contribution in [0.4, 0.5) is 0 Å². The number of carbonyl (C=O) groups is 1. The first kappa shape index (κ1) is 15.4. The monoisotopic (exact) mass is 256 g/mol. The molecule has 4 heteroatoms. The lowest BCUT2D eigenvalue weighted by Crippen LogP contribution is -2.62. The number of carbonyl (C=O) groups excluding carboxylic acids is 1. The molecule has 4 nitrogen and oxygen atoms in total. The number of hydrogen-bond donors (Lipinski definition) is 1. The van der Waals surface area contributed by atoms with Crippen LogP contribution >= 0.6 is 0 Å². The third-order valence-electron chi connectivity index (χ3n) is 4.09. The molecule has 0 radical (unpaired) electrons. The first-order chi connectivity index (χ1) is 8.45. The van der Waals surface area contributed by atoms with Crippen molar-refractivity contribution in [1.29, 1.82) is 0 Å². The van der Waals surface area contributed by atoms with Gasteiger partial charge in [0, 0.05) is 18.6 Å². The molecule has 0 aliphatic carbocycles. The molecule has 1 aliphatic heterocycles. The Morgan fingerprint density at radius 1 is 1.56 bits per heavy atom. The predicted molar refractivity (Wildman–Crippen MR) is 73.6 cm³/mol. The van der Waals surface area contributed by atoms with Gasteiger partial charge in [-0.3, -0.25) is 10.1 Å². The van der Waals surface area contributed by atoms with E-state index in [1.807, 2.05) is 6.92 Å². The SMILES string of the molecule is CCOC(=O)C1(NC(C)CC)CCN(C)C(C)C1. The van der Waals surface area contributed by atoms with Crippen molar-refractivity contribution < 1.29 is 9.53 Å². The van der Waals surface area contributed by atoms with Crippen LogP contribution in [0.2, 0.25) is 0 Å². The number of piperidine rings is 1. The Labute approximate surface area is 111 Å². The molecular formula is C14H28N2O2. The molecule has 1 rings (SSSR count). The summed E-state index contributed by atoms with van der Waals surface area (Å²) in [6.45, 7) is 9.69. The number of esters is 1. The van der Waals surface area contributed by atoms with E-state index in [-0.39, 0.29) is 5.97 Å². The summed E-state index contributed by atoms with van der Waals surface area (Å²) in [7, 11) is 2.11. The minimum atomic E-state index is -0.489. The van der Waals surface area contributed by atoms with E-state index in [0.29, 0.717) is 18.7 Å². The number of hydrogen-bond acceptors (Lipinski definition) is 4. The third-order valence-corrected chi connectivity index (χ3v) is 4.09. The number of ether oxygens (including phenoxy) is 1. The molecule has 0 amide bonds. The minimum Gasteiger partial charge on any atom is -0.465 e. The Morgan fingerprint density at radius 2 is 2.22 bits per heavy atom. The first-order valence-electron chi connectivity index (χ1n) is 7.10. The van der Waals surface area contributed by atoms with Gasteiger partial charge in [0.2, 0.25) is 0 Å². The maximum Gasteiger partial charge on any atom is 0.326 e. The molecule has 3 atom stereocenters. The standard InChI is InChI=1S/C14H28N2O2/c1-6-11(3)15-14(13(17)18-7-2)8-9-16(5)12(4)10-14/h11-12,15H,6-10H2,1-5H3. The van der Waals surface area contributed by atoms with Gasteiger partial charge in [0.15, 0.2) is 0 Å². The van der Waals surface area contributed by atoms with Crippen LogP contribution in [-0.4, -0.2) is 48.7 Å². The van der Waals surface area contributed by atoms with Gasteiger partial charge in [0.25, 0.3) is 0 Å². The van der Waals surface area contributed by atoms with Crippen LogP contribution in [0.5, 0.6) is 0 Å². The van der Waals surface area contributed by atoms with E-state index in [1.165, 1.54) is 0 Å². The van der Waals surface area contributed by atoms with Gasteiger partial charge >= 0.3 is 5.97 Å². The molecule has 1 aliphatic rings. The fraction of sp³-hybridized carbons (Fsp3) is 0.929. The second-order valence-corrected chi connectivity index (χ2v) is 5.54. The predicted octanol–water partition coefficient (Wildman–Crippen LogP) is 1.79. The lowest BCUT2D eigenvalue weighted by Gasteiger charge is -2.44. The lowest BCUT2D eigenvalue weighted by atomic mass is 9.83. The summed E-state index contributed by atoms with van der Waals surface area (Å²) in [5.41, 5.74) is -0.489. The molecule has 0 saturated carbocycles. The van der Waals surface area contributed by atoms with Crippen LogP contribution in [0.1, 0.15) is 47.0 Å². The Balaban J connectivity index is 2.84. The van der Waals surface area contributed by atoms with Gasteiger partial charge in [-0.2, -0.15) is 0 Å². The molecule has 0 aromatic heterocycles. The quantitative estimate of drug-likeness (QED) is 0.762. The van der Waals surface area contributed by atoms with Gasteiger partial charge in [-0.15, -0.1) is 0 Å². The molecule has 18 heavy (non-hydrogen) atoms. The van der Waals surface area contributed by atoms with Crippen LogP contribution in [0.3, 0.4) is 0 Å². The Kier molecular flexibility index (Phi) is 5.60. The molecule has 0 bridgehead atoms. The van der Waals surface area contributed by atoms with E-state index in [2.05, 4.69) is 38.0 Å². The van der Waals surface area contributed by atoms with Crippen LogP contribution in [0.25, 0.3) is 0 Å². The van der Waals surface area contributed by atoms with E-state index in [0.717, 1.165) is 25.8 Å². The summed E-state index contributed by atoms with van der Waals surface area (Å²) in [6, 6.07) is 0.740. The summed E-state index contributed by atoms with van der Waals surface area (Å²) in [4.78, 5) is 14.6. The minimum absolute atomic E-state index is 0.0785. The van der Waals surface area contributed by atoms with Crippen molar-refractivity contribution in [1.82, 2.24) is 10.2 Å². The highest BCUT2D eigenvalue weighted by Gasteiger charge is 2.44. The van der Waals surface area contributed by atoms with E-state index in [4.69, 9.17) is 4.74 Å². The average molecular weight is 256 g/mol. The average Bonchev–Trinajstić information content (AvgIpc) is 2.34. The highest BCUT2D eigenvalue weighted by molar-refractivity contribution is 5.81. The van der Waals surface area contributed by atoms with Gasteiger partial charge in [-0.25, -0.2) is 0 Å². The second-order valence-electron chi connectivity index (χ2n) is 5.54. The van der Waals surface area contributed by atoms with Crippen LogP contribution < -0.4 is 5.32 Å². The van der Waals surface area contributed by atoms with Crippen molar-refractivity contribution >= 4 is 5.97 Å². The topological polar surface area (TPSA) is 41.6 Å². The number of nitrogens with one attached hydrogen (secondary N) is 1. The normalized spacial score (nSPS) is 31.1. The van der Waals surface area contributed by atoms with Gasteiger partial charge < -0.3 is 9.64 Å². The van der Waals surface area contributed by atoms with E-state index < -0.39 is 5.54 Å². The van der Waals surface area contributed by atoms with Crippen molar-refractivity contribution in [2.24, 2.45) is 0 Å². The van der Waals surface area contributed by atoms with Gasteiger partial charge in [0.1, 0.15) is 5.54 Å². The summed E-state index contributed by atoms with van der Waals surface area (Å²) in [5, 5.41) is 3.52. The highest BCUT2D eigenvalue weighted by atomic mass is 16.5. The van der Waals surface area contributed by atoms with Crippen molar-refractivity contribution in [3.63, 3.8) is 0 Å². The van der Waals surface area contributed by atoms with Crippen LogP contribution in [-0.2, 0) is 9.53 Å². The molecule has 0 spiro atoms. The number of rotatable bonds is 5. The van der Waals surface area contributed by atoms with Crippen molar-refractivity contribution in [2.45, 2.75) is 64.6 Å². The molecule has 1 fully saturated rings. The second kappa shape index (κ2) is 6.53. The van der Waals surface area contributed by atoms with Crippen molar-refractivity contribution in [3.8, 4) is 0 Å². The van der Waals surface area contributed by atoms with Gasteiger partial charge in [-0.05, 0) is 47.1 Å². The van der Waals surface area contributed by atoms with E-state index in [1.54, 1.807) is 0 Å². The zero-order chi connectivity index (χ0) is 13.8. The van der Waals surface area contributed by atoms with E-state index in [9.17, 15) is 4.79 Å². The zero-order valence-electron chi connectivity index (χ0n) is 12.5. The molecule has 106 valence electrons. The summed E-state index contributed by atoms with van der Waals surface area (Å²) >= 11 is 0. The summed E-state index contributed by atoms with van der Waals surface area (Å²) in [5.74, 6) is -0.0785. The maximum absolute atomic E-state index is 12.3. The van der Waals surface area contributed by atoms with E-state index >= 15 is 0 Å². The van der Waals surface area contributed by atoms with Gasteiger partial charge in [0.05, 0.1) is 6.61 Å². The number of nitrogens with zero attached hydrogens (tertiary/aromatic N) is 1. The molecular weight excluding hydrogens is 228 g/mol. The fourth-order valence-electron chi connectivity index (χ4n) is 2.57. The fourth-order valence-corrected chi connectivity index (χ4v) is 2.57. The largest absolute Gasteiger partial charge is 0.465 e. The molecule has 1 N–H and O–H groups in total. The Bertz CT molecular complexity index is 279. The third kappa shape index (κ3) is 3.45. The zero-order valence-corrected chi connectivity index (χ0v) is 12.5. The molecule has 1 heterocycles. The van der Waals surface area contributed by atoms with Crippen molar-refractivity contribution in [2.75, 3.05) is 20.2 Å². The first-order valence-corrected chi connectivity index (χ1v) is 7.10. The number of likely N-dealkylation sites (tertiary alicyclic amines) is 1. The van der Waals surface area contributed by atoms with Gasteiger partial charge in [-0.1, -0.05) is 6.92 Å². The molecule has 0 aromatic carbocycles. The Morgan fingerprint density at radius 3 is 2.72 bits per heavy atom. The van der Waals surface area contributed by atoms with Crippen LogP contribution in [0, 0.1) is 0 Å². The summed E-state index contributed by atoms with van der Waals surface area (Å²) < 4.78 is 5.29. The van der Waals surface area contributed by atoms with Crippen LogP contribution in [0.15, 0.2) is 0 Å². The summed E-state index contributed by atoms with van der Waals surface area (Å²) in [6.07, 6.45) is 2.68. The van der Waals surface area contributed by atoms with Crippen molar-refractivity contribution in [3.05, 3.63) is 0 Å². The smallest absolute Gasteiger partial charge is 0.326 e. The molecule has 1 saturated heterocycles.